The van der Waals surface area contributed by atoms with Gasteiger partial charge in [-0.25, -0.2) is 0 Å². The Hall–Kier alpha value is -0.580. The molecule has 0 aliphatic rings. The number of rotatable bonds is 7. The average Bonchev–Trinajstić information content (AvgIpc) is 2.11. The maximum atomic E-state index is 9.72. The van der Waals surface area contributed by atoms with E-state index in [1.807, 2.05) is 4.31 Å². The minimum Gasteiger partial charge on any atom is -0.314 e. The molecule has 0 heterocycles. The monoisotopic (exact) mass is 251 g/mol. The largest absolute Gasteiger partial charge is 0.314 e. The van der Waals surface area contributed by atoms with Gasteiger partial charge in [-0.1, -0.05) is 33.1 Å². The van der Waals surface area contributed by atoms with E-state index in [4.69, 9.17) is 0 Å². The summed E-state index contributed by atoms with van der Waals surface area (Å²) in [6.07, 6.45) is 4.14. The molecular weight excluding hydrogens is 234 g/mol. The molecular formula is C9H17NO3S2. The van der Waals surface area contributed by atoms with Gasteiger partial charge >= 0.3 is 0 Å². The first-order valence-electron chi connectivity index (χ1n) is 4.81. The zero-order valence-corrected chi connectivity index (χ0v) is 10.7. The van der Waals surface area contributed by atoms with E-state index in [9.17, 15) is 10.1 Å². The van der Waals surface area contributed by atoms with Gasteiger partial charge in [-0.15, -0.1) is 10.1 Å². The molecule has 0 aromatic carbocycles. The van der Waals surface area contributed by atoms with E-state index < -0.39 is 5.09 Å². The maximum Gasteiger partial charge on any atom is 0.294 e. The van der Waals surface area contributed by atoms with Gasteiger partial charge in [-0.05, 0) is 36.8 Å². The molecule has 4 nitrogen and oxygen atoms in total. The van der Waals surface area contributed by atoms with Crippen molar-refractivity contribution >= 4 is 28.7 Å². The first-order chi connectivity index (χ1) is 7.04. The van der Waals surface area contributed by atoms with E-state index in [-0.39, 0.29) is 6.61 Å². The summed E-state index contributed by atoms with van der Waals surface area (Å²) in [4.78, 5) is 13.9. The van der Waals surface area contributed by atoms with Crippen molar-refractivity contribution in [3.05, 3.63) is 10.1 Å². The quantitative estimate of drug-likeness (QED) is 0.300. The van der Waals surface area contributed by atoms with Crippen LogP contribution in [0.1, 0.15) is 39.5 Å². The van der Waals surface area contributed by atoms with Gasteiger partial charge < -0.3 is 4.84 Å². The van der Waals surface area contributed by atoms with Gasteiger partial charge in [-0.2, -0.15) is 0 Å². The van der Waals surface area contributed by atoms with Crippen LogP contribution in [0.2, 0.25) is 0 Å². The number of hydrogen-bond donors (Lipinski definition) is 0. The van der Waals surface area contributed by atoms with Crippen LogP contribution in [0.15, 0.2) is 0 Å². The molecule has 0 N–H and O–H groups in total. The fourth-order valence-corrected chi connectivity index (χ4v) is 0.971. The van der Waals surface area contributed by atoms with Crippen molar-refractivity contribution in [2.45, 2.75) is 39.5 Å². The van der Waals surface area contributed by atoms with Crippen LogP contribution in [0.3, 0.4) is 0 Å². The minimum atomic E-state index is -0.734. The molecule has 0 aliphatic heterocycles. The highest BCUT2D eigenvalue weighted by atomic mass is 32.1. The number of thiocarbonyl (C=S) groups is 2. The molecule has 0 amide bonds. The van der Waals surface area contributed by atoms with E-state index in [1.165, 1.54) is 6.42 Å². The normalized spacial score (nSPS) is 8.73. The Morgan fingerprint density at radius 2 is 1.87 bits per heavy atom. The predicted molar refractivity (Wildman–Crippen MR) is 66.4 cm³/mol. The molecule has 0 atom stereocenters. The Morgan fingerprint density at radius 3 is 2.27 bits per heavy atom. The molecule has 0 unspecified atom stereocenters. The molecule has 0 fully saturated rings. The van der Waals surface area contributed by atoms with Gasteiger partial charge in [0.15, 0.2) is 0 Å². The summed E-state index contributed by atoms with van der Waals surface area (Å²) in [5, 5.41) is 8.99. The van der Waals surface area contributed by atoms with Crippen molar-refractivity contribution in [1.29, 1.82) is 0 Å². The second kappa shape index (κ2) is 13.4. The summed E-state index contributed by atoms with van der Waals surface area (Å²) < 4.78 is 1.92. The molecule has 0 saturated carbocycles. The lowest BCUT2D eigenvalue weighted by Gasteiger charge is -2.03. The third-order valence-electron chi connectivity index (χ3n) is 1.62. The molecule has 0 aliphatic carbocycles. The molecule has 0 radical (unpaired) electrons. The van der Waals surface area contributed by atoms with Crippen molar-refractivity contribution in [2.75, 3.05) is 6.61 Å². The molecule has 0 rings (SSSR count). The summed E-state index contributed by atoms with van der Waals surface area (Å²) in [6.45, 7) is 4.59. The molecule has 15 heavy (non-hydrogen) atoms. The lowest BCUT2D eigenvalue weighted by molar-refractivity contribution is -0.757. The standard InChI is InChI=1S/C8H17NO3.CS2/c1-8(2)6-4-3-5-7-12-9(10)11;2-1-3/h8H,3-7H2,1-2H3;. The first kappa shape index (κ1) is 16.8. The molecule has 0 aromatic rings. The zero-order valence-electron chi connectivity index (χ0n) is 9.10. The third-order valence-corrected chi connectivity index (χ3v) is 1.62. The third kappa shape index (κ3) is 24.7. The molecule has 0 spiro atoms. The van der Waals surface area contributed by atoms with E-state index in [0.717, 1.165) is 25.2 Å². The van der Waals surface area contributed by atoms with Gasteiger partial charge in [0.1, 0.15) is 0 Å². The maximum absolute atomic E-state index is 9.72. The van der Waals surface area contributed by atoms with Crippen LogP contribution in [-0.2, 0) is 4.84 Å². The van der Waals surface area contributed by atoms with Gasteiger partial charge in [0.05, 0.1) is 6.61 Å². The topological polar surface area (TPSA) is 52.4 Å². The lowest BCUT2D eigenvalue weighted by atomic mass is 10.1. The molecule has 0 saturated heterocycles. The Bertz CT molecular complexity index is 192. The number of hydrogen-bond acceptors (Lipinski definition) is 5. The summed E-state index contributed by atoms with van der Waals surface area (Å²) >= 11 is 7.92. The summed E-state index contributed by atoms with van der Waals surface area (Å²) in [5.41, 5.74) is 0. The van der Waals surface area contributed by atoms with Gasteiger partial charge in [-0.3, -0.25) is 0 Å². The average molecular weight is 251 g/mol. The van der Waals surface area contributed by atoms with Crippen LogP contribution in [-0.4, -0.2) is 16.0 Å². The summed E-state index contributed by atoms with van der Waals surface area (Å²) in [5.74, 6) is 0.724. The Morgan fingerprint density at radius 1 is 1.33 bits per heavy atom. The van der Waals surface area contributed by atoms with Crippen LogP contribution in [0.25, 0.3) is 0 Å². The van der Waals surface area contributed by atoms with Crippen LogP contribution in [0.4, 0.5) is 0 Å². The molecule has 0 aromatic heterocycles. The van der Waals surface area contributed by atoms with Gasteiger partial charge in [0, 0.05) is 4.31 Å². The van der Waals surface area contributed by atoms with E-state index in [2.05, 4.69) is 43.1 Å². The van der Waals surface area contributed by atoms with E-state index >= 15 is 0 Å². The summed E-state index contributed by atoms with van der Waals surface area (Å²) in [7, 11) is 0. The van der Waals surface area contributed by atoms with Crippen molar-refractivity contribution < 1.29 is 9.92 Å². The Balaban J connectivity index is 0. The molecule has 6 heteroatoms. The Kier molecular flexibility index (Phi) is 15.1. The van der Waals surface area contributed by atoms with Crippen LogP contribution in [0.5, 0.6) is 0 Å². The highest BCUT2D eigenvalue weighted by Crippen LogP contribution is 2.07. The smallest absolute Gasteiger partial charge is 0.294 e. The van der Waals surface area contributed by atoms with Crippen LogP contribution < -0.4 is 0 Å². The number of unbranched alkanes of at least 4 members (excludes halogenated alkanes) is 2. The van der Waals surface area contributed by atoms with Crippen molar-refractivity contribution in [2.24, 2.45) is 5.92 Å². The van der Waals surface area contributed by atoms with E-state index in [0.29, 0.717) is 0 Å². The molecule has 88 valence electrons. The van der Waals surface area contributed by atoms with E-state index in [1.54, 1.807) is 0 Å². The van der Waals surface area contributed by atoms with Gasteiger partial charge in [0.2, 0.25) is 0 Å². The second-order valence-electron chi connectivity index (χ2n) is 3.38. The zero-order chi connectivity index (χ0) is 12.1. The predicted octanol–water partition coefficient (Wildman–Crippen LogP) is 3.43. The second-order valence-corrected chi connectivity index (χ2v) is 4.05. The van der Waals surface area contributed by atoms with Gasteiger partial charge in [0.25, 0.3) is 5.09 Å². The fourth-order valence-electron chi connectivity index (χ4n) is 0.971. The highest BCUT2D eigenvalue weighted by Gasteiger charge is 1.96. The van der Waals surface area contributed by atoms with Crippen LogP contribution >= 0.6 is 24.4 Å². The SMILES string of the molecule is CC(C)CCCCCO[N+](=O)[O-].S=C=S. The lowest BCUT2D eigenvalue weighted by Crippen LogP contribution is -2.01. The van der Waals surface area contributed by atoms with Crippen molar-refractivity contribution in [3.8, 4) is 0 Å². The minimum absolute atomic E-state index is 0.241. The first-order valence-corrected chi connectivity index (χ1v) is 5.62. The molecule has 0 bridgehead atoms. The van der Waals surface area contributed by atoms with Crippen LogP contribution in [0, 0.1) is 16.0 Å². The summed E-state index contributed by atoms with van der Waals surface area (Å²) in [6, 6.07) is 0. The highest BCUT2D eigenvalue weighted by molar-refractivity contribution is 7.93. The number of nitrogens with zero attached hydrogens (tertiary/aromatic N) is 1. The Labute approximate surface area is 101 Å². The van der Waals surface area contributed by atoms with Crippen molar-refractivity contribution in [1.82, 2.24) is 0 Å². The van der Waals surface area contributed by atoms with Crippen molar-refractivity contribution in [3.63, 3.8) is 0 Å². The fraction of sp³-hybridized carbons (Fsp3) is 0.889.